The maximum absolute atomic E-state index is 12.6. The molecule has 2 bridgehead atoms. The summed E-state index contributed by atoms with van der Waals surface area (Å²) < 4.78 is 0. The zero-order chi connectivity index (χ0) is 14.8. The van der Waals surface area contributed by atoms with Gasteiger partial charge in [0, 0.05) is 13.1 Å². The maximum Gasteiger partial charge on any atom is 0.258 e. The third kappa shape index (κ3) is 2.79. The van der Waals surface area contributed by atoms with Gasteiger partial charge in [0.05, 0.1) is 0 Å². The van der Waals surface area contributed by atoms with Crippen molar-refractivity contribution in [3.05, 3.63) is 35.9 Å². The summed E-state index contributed by atoms with van der Waals surface area (Å²) in [4.78, 5) is 28.6. The molecule has 3 fully saturated rings. The highest BCUT2D eigenvalue weighted by Crippen LogP contribution is 2.47. The lowest BCUT2D eigenvalue weighted by molar-refractivity contribution is -0.154. The van der Waals surface area contributed by atoms with Gasteiger partial charge < -0.3 is 9.80 Å². The molecule has 0 saturated carbocycles. The molecular formula is C15H18N2O2S2. The summed E-state index contributed by atoms with van der Waals surface area (Å²) >= 11 is 0. The minimum absolute atomic E-state index is 0.0725. The lowest BCUT2D eigenvalue weighted by Crippen LogP contribution is -2.64. The van der Waals surface area contributed by atoms with Gasteiger partial charge in [-0.2, -0.15) is 0 Å². The van der Waals surface area contributed by atoms with Crippen molar-refractivity contribution in [3.63, 3.8) is 0 Å². The van der Waals surface area contributed by atoms with Gasteiger partial charge in [0.25, 0.3) is 11.8 Å². The van der Waals surface area contributed by atoms with Gasteiger partial charge in [0.15, 0.2) is 10.7 Å². The molecule has 1 aromatic rings. The number of benzene rings is 1. The Kier molecular flexibility index (Phi) is 4.45. The van der Waals surface area contributed by atoms with E-state index in [9.17, 15) is 9.59 Å². The predicted molar refractivity (Wildman–Crippen MR) is 86.4 cm³/mol. The lowest BCUT2D eigenvalue weighted by atomic mass is 10.2. The summed E-state index contributed by atoms with van der Waals surface area (Å²) in [5.74, 6) is 0.163. The molecule has 2 atom stereocenters. The van der Waals surface area contributed by atoms with Crippen LogP contribution in [0.2, 0.25) is 0 Å². The van der Waals surface area contributed by atoms with Gasteiger partial charge in [-0.15, -0.1) is 0 Å². The van der Waals surface area contributed by atoms with Crippen molar-refractivity contribution in [2.75, 3.05) is 6.54 Å². The van der Waals surface area contributed by atoms with E-state index >= 15 is 0 Å². The molecule has 0 aromatic heterocycles. The molecule has 6 heteroatoms. The second kappa shape index (κ2) is 6.32. The number of unbranched alkanes of at least 4 members (excludes halogenated alkanes) is 1. The van der Waals surface area contributed by atoms with E-state index in [0.29, 0.717) is 13.1 Å². The summed E-state index contributed by atoms with van der Waals surface area (Å²) in [5, 5.41) is -0.715. The number of carbonyl (C=O) groups excluding carboxylic acids is 2. The first-order valence-electron chi connectivity index (χ1n) is 7.19. The number of piperazine rings is 1. The molecule has 0 radical (unpaired) electrons. The monoisotopic (exact) mass is 322 g/mol. The van der Waals surface area contributed by atoms with Crippen molar-refractivity contribution in [2.24, 2.45) is 0 Å². The molecule has 3 aliphatic heterocycles. The summed E-state index contributed by atoms with van der Waals surface area (Å²) in [5.41, 5.74) is 1.07. The van der Waals surface area contributed by atoms with Crippen LogP contribution in [0.1, 0.15) is 25.3 Å². The molecule has 2 amide bonds. The highest BCUT2D eigenvalue weighted by molar-refractivity contribution is 8.77. The molecule has 0 aliphatic carbocycles. The zero-order valence-electron chi connectivity index (χ0n) is 11.9. The fourth-order valence-electron chi connectivity index (χ4n) is 2.57. The van der Waals surface area contributed by atoms with Crippen LogP contribution in [-0.4, -0.2) is 38.9 Å². The van der Waals surface area contributed by atoms with E-state index in [1.807, 2.05) is 30.3 Å². The summed E-state index contributed by atoms with van der Waals surface area (Å²) in [6.45, 7) is 3.30. The number of hydrogen-bond acceptors (Lipinski definition) is 4. The Morgan fingerprint density at radius 1 is 1.00 bits per heavy atom. The standard InChI is InChI=1S/C15H18N2O2S2/c1-2-3-9-16-12(18)15-17(13(19)14(16)20-21-15)10-11-7-5-4-6-8-11/h4-8,14-15H,2-3,9-10H2,1H3/t14-,15-/m0/s1. The van der Waals surface area contributed by atoms with E-state index in [2.05, 4.69) is 6.92 Å². The van der Waals surface area contributed by atoms with Crippen molar-refractivity contribution in [3.8, 4) is 0 Å². The van der Waals surface area contributed by atoms with Gasteiger partial charge in [-0.05, 0) is 12.0 Å². The van der Waals surface area contributed by atoms with Crippen LogP contribution in [0.3, 0.4) is 0 Å². The Morgan fingerprint density at radius 2 is 1.62 bits per heavy atom. The largest absolute Gasteiger partial charge is 0.319 e. The van der Waals surface area contributed by atoms with Crippen LogP contribution in [0, 0.1) is 0 Å². The highest BCUT2D eigenvalue weighted by atomic mass is 33.1. The Balaban J connectivity index is 1.77. The van der Waals surface area contributed by atoms with Gasteiger partial charge in [0.2, 0.25) is 0 Å². The van der Waals surface area contributed by atoms with Gasteiger partial charge in [-0.25, -0.2) is 0 Å². The topological polar surface area (TPSA) is 40.6 Å². The molecule has 0 spiro atoms. The molecule has 3 saturated heterocycles. The third-order valence-corrected chi connectivity index (χ3v) is 6.56. The van der Waals surface area contributed by atoms with Crippen LogP contribution in [0.25, 0.3) is 0 Å². The van der Waals surface area contributed by atoms with E-state index < -0.39 is 0 Å². The van der Waals surface area contributed by atoms with Gasteiger partial charge in [0.1, 0.15) is 0 Å². The number of fused-ring (bicyclic) bond motifs is 3. The molecule has 3 aliphatic rings. The maximum atomic E-state index is 12.6. The molecule has 4 rings (SSSR count). The Hall–Kier alpha value is -1.14. The Morgan fingerprint density at radius 3 is 2.29 bits per heavy atom. The molecule has 0 N–H and O–H groups in total. The first kappa shape index (κ1) is 14.8. The quantitative estimate of drug-likeness (QED) is 0.782. The molecule has 21 heavy (non-hydrogen) atoms. The van der Waals surface area contributed by atoms with Crippen LogP contribution in [-0.2, 0) is 16.1 Å². The van der Waals surface area contributed by atoms with E-state index in [4.69, 9.17) is 0 Å². The van der Waals surface area contributed by atoms with E-state index in [1.54, 1.807) is 9.80 Å². The van der Waals surface area contributed by atoms with Crippen molar-refractivity contribution in [2.45, 2.75) is 37.1 Å². The fraction of sp³-hybridized carbons (Fsp3) is 0.467. The van der Waals surface area contributed by atoms with E-state index in [1.165, 1.54) is 21.6 Å². The average molecular weight is 322 g/mol. The molecule has 4 nitrogen and oxygen atoms in total. The first-order chi connectivity index (χ1) is 10.2. The van der Waals surface area contributed by atoms with Gasteiger partial charge in [-0.1, -0.05) is 65.3 Å². The number of amides is 2. The smallest absolute Gasteiger partial charge is 0.258 e. The molecule has 3 heterocycles. The number of nitrogens with zero attached hydrogens (tertiary/aromatic N) is 2. The minimum atomic E-state index is -0.371. The molecule has 1 aromatic carbocycles. The van der Waals surface area contributed by atoms with E-state index in [-0.39, 0.29) is 22.6 Å². The van der Waals surface area contributed by atoms with Gasteiger partial charge in [-0.3, -0.25) is 9.59 Å². The summed E-state index contributed by atoms with van der Waals surface area (Å²) in [6, 6.07) is 9.86. The third-order valence-electron chi connectivity index (χ3n) is 3.74. The van der Waals surface area contributed by atoms with E-state index in [0.717, 1.165) is 18.4 Å². The average Bonchev–Trinajstić information content (AvgIpc) is 2.51. The number of rotatable bonds is 5. The van der Waals surface area contributed by atoms with Crippen molar-refractivity contribution in [1.29, 1.82) is 0 Å². The highest BCUT2D eigenvalue weighted by Gasteiger charge is 2.51. The fourth-order valence-corrected chi connectivity index (χ4v) is 5.56. The Bertz CT molecular complexity index is 538. The second-order valence-electron chi connectivity index (χ2n) is 5.23. The van der Waals surface area contributed by atoms with Crippen LogP contribution in [0.5, 0.6) is 0 Å². The second-order valence-corrected chi connectivity index (χ2v) is 7.67. The van der Waals surface area contributed by atoms with Crippen LogP contribution in [0.15, 0.2) is 30.3 Å². The molecule has 112 valence electrons. The lowest BCUT2D eigenvalue weighted by Gasteiger charge is -2.48. The van der Waals surface area contributed by atoms with Gasteiger partial charge >= 0.3 is 0 Å². The summed E-state index contributed by atoms with van der Waals surface area (Å²) in [7, 11) is 3.05. The first-order valence-corrected chi connectivity index (χ1v) is 9.47. The Labute approximate surface area is 132 Å². The summed E-state index contributed by atoms with van der Waals surface area (Å²) in [6.07, 6.45) is 1.98. The van der Waals surface area contributed by atoms with Crippen molar-refractivity contribution in [1.82, 2.24) is 9.80 Å². The van der Waals surface area contributed by atoms with Crippen molar-refractivity contribution < 1.29 is 9.59 Å². The zero-order valence-corrected chi connectivity index (χ0v) is 13.5. The molecule has 0 unspecified atom stereocenters. The minimum Gasteiger partial charge on any atom is -0.319 e. The SMILES string of the molecule is CCCCN1C(=O)[C@@H]2SS[C@H]1C(=O)N2Cc1ccccc1. The normalized spacial score (nSPS) is 24.8. The van der Waals surface area contributed by atoms with Crippen LogP contribution in [0.4, 0.5) is 0 Å². The number of carbonyl (C=O) groups is 2. The molecular weight excluding hydrogens is 304 g/mol. The van der Waals surface area contributed by atoms with Crippen molar-refractivity contribution >= 4 is 33.4 Å². The van der Waals surface area contributed by atoms with Crippen LogP contribution < -0.4 is 0 Å². The predicted octanol–water partition coefficient (Wildman–Crippen LogP) is 2.70. The number of hydrogen-bond donors (Lipinski definition) is 0. The van der Waals surface area contributed by atoms with Crippen LogP contribution >= 0.6 is 21.6 Å².